The summed E-state index contributed by atoms with van der Waals surface area (Å²) in [5, 5.41) is 0.501. The zero-order valence-electron chi connectivity index (χ0n) is 14.9. The van der Waals surface area contributed by atoms with Gasteiger partial charge < -0.3 is 4.74 Å². The molecule has 0 atom stereocenters. The van der Waals surface area contributed by atoms with Crippen LogP contribution in [0.2, 0.25) is 5.02 Å². The van der Waals surface area contributed by atoms with E-state index >= 15 is 0 Å². The van der Waals surface area contributed by atoms with E-state index in [1.165, 1.54) is 4.31 Å². The Morgan fingerprint density at radius 3 is 2.41 bits per heavy atom. The molecule has 2 heterocycles. The molecule has 1 fully saturated rings. The van der Waals surface area contributed by atoms with Crippen molar-refractivity contribution < 1.29 is 17.9 Å². The average molecular weight is 406 g/mol. The summed E-state index contributed by atoms with van der Waals surface area (Å²) < 4.78 is 33.4. The van der Waals surface area contributed by atoms with Gasteiger partial charge in [0.2, 0.25) is 10.0 Å². The highest BCUT2D eigenvalue weighted by atomic mass is 35.5. The molecule has 0 aromatic heterocycles. The molecule has 0 unspecified atom stereocenters. The molecule has 1 saturated heterocycles. The first-order chi connectivity index (χ1) is 12.8. The first-order valence-electron chi connectivity index (χ1n) is 8.88. The van der Waals surface area contributed by atoms with Gasteiger partial charge in [0.1, 0.15) is 11.4 Å². The number of piperidine rings is 1. The quantitative estimate of drug-likeness (QED) is 0.761. The fraction of sp³-hybridized carbons (Fsp3) is 0.350. The fourth-order valence-electron chi connectivity index (χ4n) is 3.74. The highest BCUT2D eigenvalue weighted by molar-refractivity contribution is 7.89. The maximum absolute atomic E-state index is 12.9. The fourth-order valence-corrected chi connectivity index (χ4v) is 5.35. The number of benzene rings is 2. The summed E-state index contributed by atoms with van der Waals surface area (Å²) in [4.78, 5) is 12.9. The van der Waals surface area contributed by atoms with Gasteiger partial charge in [0.25, 0.3) is 0 Å². The molecule has 2 aromatic rings. The summed E-state index contributed by atoms with van der Waals surface area (Å²) in [6.45, 7) is 2.57. The van der Waals surface area contributed by atoms with Crippen LogP contribution in [0.3, 0.4) is 0 Å². The molecule has 4 rings (SSSR count). The van der Waals surface area contributed by atoms with Crippen LogP contribution < -0.4 is 4.74 Å². The lowest BCUT2D eigenvalue weighted by molar-refractivity contribution is 0.00591. The predicted octanol–water partition coefficient (Wildman–Crippen LogP) is 3.84. The number of aryl methyl sites for hydroxylation is 1. The Morgan fingerprint density at radius 1 is 1.07 bits per heavy atom. The molecule has 0 saturated carbocycles. The van der Waals surface area contributed by atoms with E-state index < -0.39 is 15.6 Å². The van der Waals surface area contributed by atoms with E-state index in [9.17, 15) is 13.2 Å². The van der Waals surface area contributed by atoms with Gasteiger partial charge in [-0.1, -0.05) is 29.3 Å². The summed E-state index contributed by atoms with van der Waals surface area (Å²) >= 11 is 5.98. The van der Waals surface area contributed by atoms with Crippen LogP contribution in [-0.4, -0.2) is 37.2 Å². The van der Waals surface area contributed by atoms with Gasteiger partial charge in [-0.15, -0.1) is 0 Å². The minimum absolute atomic E-state index is 0.00593. The Hall–Kier alpha value is -1.89. The molecule has 7 heteroatoms. The summed E-state index contributed by atoms with van der Waals surface area (Å²) in [6.07, 6.45) is 1.20. The van der Waals surface area contributed by atoms with Gasteiger partial charge in [-0.3, -0.25) is 4.79 Å². The van der Waals surface area contributed by atoms with E-state index in [1.54, 1.807) is 42.5 Å². The number of carbonyl (C=O) groups is 1. The van der Waals surface area contributed by atoms with E-state index in [-0.39, 0.29) is 12.2 Å². The molecule has 0 amide bonds. The molecule has 142 valence electrons. The second-order valence-corrected chi connectivity index (χ2v) is 9.62. The van der Waals surface area contributed by atoms with Crippen LogP contribution in [0.1, 0.15) is 35.2 Å². The Balaban J connectivity index is 1.53. The minimum atomic E-state index is -3.54. The van der Waals surface area contributed by atoms with Crippen LogP contribution in [0.5, 0.6) is 5.75 Å². The Morgan fingerprint density at radius 2 is 1.74 bits per heavy atom. The van der Waals surface area contributed by atoms with Crippen molar-refractivity contribution >= 4 is 27.4 Å². The largest absolute Gasteiger partial charge is 0.486 e. The number of sulfonamides is 1. The second kappa shape index (κ2) is 6.62. The topological polar surface area (TPSA) is 63.7 Å². The maximum atomic E-state index is 12.9. The van der Waals surface area contributed by atoms with Crippen LogP contribution in [0.15, 0.2) is 47.4 Å². The summed E-state index contributed by atoms with van der Waals surface area (Å²) in [5.74, 6) is 0.527. The number of fused-ring (bicyclic) bond motifs is 1. The highest BCUT2D eigenvalue weighted by Crippen LogP contribution is 2.40. The zero-order valence-corrected chi connectivity index (χ0v) is 16.5. The SMILES string of the molecule is Cc1ccc(S(=O)(=O)N2CCC3(CC2)CC(=O)c2cc(Cl)ccc2O3)cc1. The first kappa shape index (κ1) is 18.5. The van der Waals surface area contributed by atoms with Crippen LogP contribution in [0.25, 0.3) is 0 Å². The lowest BCUT2D eigenvalue weighted by atomic mass is 9.83. The van der Waals surface area contributed by atoms with E-state index in [1.807, 2.05) is 6.92 Å². The van der Waals surface area contributed by atoms with E-state index in [0.29, 0.717) is 47.2 Å². The Bertz CT molecular complexity index is 993. The minimum Gasteiger partial charge on any atom is -0.486 e. The summed E-state index contributed by atoms with van der Waals surface area (Å²) in [7, 11) is -3.54. The molecule has 0 N–H and O–H groups in total. The van der Waals surface area contributed by atoms with E-state index in [0.717, 1.165) is 5.56 Å². The third-order valence-corrected chi connectivity index (χ3v) is 7.49. The number of hydrogen-bond acceptors (Lipinski definition) is 4. The highest BCUT2D eigenvalue weighted by Gasteiger charge is 2.45. The van der Waals surface area contributed by atoms with Crippen molar-refractivity contribution in [3.05, 3.63) is 58.6 Å². The number of nitrogens with zero attached hydrogens (tertiary/aromatic N) is 1. The van der Waals surface area contributed by atoms with Gasteiger partial charge in [-0.25, -0.2) is 8.42 Å². The van der Waals surface area contributed by atoms with Crippen molar-refractivity contribution in [1.82, 2.24) is 4.31 Å². The number of halogens is 1. The number of ketones is 1. The lowest BCUT2D eigenvalue weighted by Gasteiger charge is -2.43. The molecular weight excluding hydrogens is 386 g/mol. The van der Waals surface area contributed by atoms with Crippen LogP contribution in [0.4, 0.5) is 0 Å². The number of hydrogen-bond donors (Lipinski definition) is 0. The Kier molecular flexibility index (Phi) is 4.53. The van der Waals surface area contributed by atoms with Gasteiger partial charge in [0.05, 0.1) is 16.9 Å². The second-order valence-electron chi connectivity index (χ2n) is 7.24. The van der Waals surface area contributed by atoms with Gasteiger partial charge in [-0.05, 0) is 37.3 Å². The third-order valence-electron chi connectivity index (χ3n) is 5.34. The number of rotatable bonds is 2. The molecule has 0 aliphatic carbocycles. The number of carbonyl (C=O) groups excluding carboxylic acids is 1. The molecule has 5 nitrogen and oxygen atoms in total. The van der Waals surface area contributed by atoms with Crippen molar-refractivity contribution in [2.75, 3.05) is 13.1 Å². The van der Waals surface area contributed by atoms with Gasteiger partial charge in [-0.2, -0.15) is 4.31 Å². The van der Waals surface area contributed by atoms with E-state index in [2.05, 4.69) is 0 Å². The third kappa shape index (κ3) is 3.37. The maximum Gasteiger partial charge on any atom is 0.243 e. The van der Waals surface area contributed by atoms with Crippen molar-refractivity contribution in [3.8, 4) is 5.75 Å². The lowest BCUT2D eigenvalue weighted by Crippen LogP contribution is -2.52. The molecular formula is C20H20ClNO4S. The standard InChI is InChI=1S/C20H20ClNO4S/c1-14-2-5-16(6-3-14)27(24,25)22-10-8-20(9-11-22)13-18(23)17-12-15(21)4-7-19(17)26-20/h2-7,12H,8-11,13H2,1H3. The smallest absolute Gasteiger partial charge is 0.243 e. The summed E-state index contributed by atoms with van der Waals surface area (Å²) in [5.41, 5.74) is 0.874. The molecule has 2 aromatic carbocycles. The zero-order chi connectivity index (χ0) is 19.2. The summed E-state index contributed by atoms with van der Waals surface area (Å²) in [6, 6.07) is 11.9. The molecule has 0 radical (unpaired) electrons. The van der Waals surface area contributed by atoms with Crippen molar-refractivity contribution in [2.24, 2.45) is 0 Å². The van der Waals surface area contributed by atoms with Gasteiger partial charge in [0.15, 0.2) is 5.78 Å². The van der Waals surface area contributed by atoms with Gasteiger partial charge >= 0.3 is 0 Å². The van der Waals surface area contributed by atoms with Crippen LogP contribution >= 0.6 is 11.6 Å². The molecule has 27 heavy (non-hydrogen) atoms. The molecule has 1 spiro atoms. The molecule has 2 aliphatic heterocycles. The van der Waals surface area contributed by atoms with Crippen molar-refractivity contribution in [1.29, 1.82) is 0 Å². The average Bonchev–Trinajstić information content (AvgIpc) is 2.63. The number of Topliss-reactive ketones (excluding diaryl/α,β-unsaturated/α-hetero) is 1. The van der Waals surface area contributed by atoms with Crippen LogP contribution in [-0.2, 0) is 10.0 Å². The normalized spacial score (nSPS) is 19.6. The molecule has 2 aliphatic rings. The predicted molar refractivity (Wildman–Crippen MR) is 103 cm³/mol. The van der Waals surface area contributed by atoms with Gasteiger partial charge in [0, 0.05) is 31.0 Å². The first-order valence-corrected chi connectivity index (χ1v) is 10.7. The monoisotopic (exact) mass is 405 g/mol. The number of ether oxygens (including phenoxy) is 1. The van der Waals surface area contributed by atoms with Crippen LogP contribution in [0, 0.1) is 6.92 Å². The van der Waals surface area contributed by atoms with E-state index in [4.69, 9.17) is 16.3 Å². The molecule has 0 bridgehead atoms. The van der Waals surface area contributed by atoms with Crippen molar-refractivity contribution in [3.63, 3.8) is 0 Å². The Labute approximate surface area is 163 Å². The van der Waals surface area contributed by atoms with Crippen molar-refractivity contribution in [2.45, 2.75) is 36.7 Å².